The average molecular weight is 279 g/mol. The van der Waals surface area contributed by atoms with Gasteiger partial charge in [0.05, 0.1) is 10.6 Å². The fraction of sp³-hybridized carbons (Fsp3) is 0.100. The maximum atomic E-state index is 5.44. The number of rotatable bonds is 4. The van der Waals surface area contributed by atoms with E-state index in [1.807, 2.05) is 17.5 Å². The van der Waals surface area contributed by atoms with Crippen molar-refractivity contribution in [2.24, 2.45) is 0 Å². The molecule has 0 atom stereocenters. The van der Waals surface area contributed by atoms with Gasteiger partial charge in [-0.2, -0.15) is 4.98 Å². The molecule has 0 spiro atoms. The van der Waals surface area contributed by atoms with E-state index in [4.69, 9.17) is 10.2 Å². The second-order valence-corrected chi connectivity index (χ2v) is 5.30. The Bertz CT molecular complexity index is 630. The van der Waals surface area contributed by atoms with E-state index < -0.39 is 0 Å². The number of oxazole rings is 1. The number of hydrogen-bond acceptors (Lipinski definition) is 7. The minimum Gasteiger partial charge on any atom is -0.444 e. The maximum Gasteiger partial charge on any atom is 0.236 e. The number of nitrogens with zero attached hydrogens (tertiary/aromatic N) is 3. The summed E-state index contributed by atoms with van der Waals surface area (Å²) in [5, 5.41) is 9.11. The van der Waals surface area contributed by atoms with Crippen molar-refractivity contribution in [3.05, 3.63) is 29.5 Å². The second kappa shape index (κ2) is 4.83. The first-order valence-corrected chi connectivity index (χ1v) is 6.97. The fourth-order valence-electron chi connectivity index (χ4n) is 1.35. The van der Waals surface area contributed by atoms with Crippen molar-refractivity contribution in [3.63, 3.8) is 0 Å². The van der Waals surface area contributed by atoms with Crippen molar-refractivity contribution >= 4 is 29.0 Å². The SMILES string of the molecule is Nc1nc(SCc2coc(-c3cccs3)n2)n[nH]1. The van der Waals surface area contributed by atoms with Gasteiger partial charge in [0.15, 0.2) is 0 Å². The van der Waals surface area contributed by atoms with E-state index in [1.165, 1.54) is 11.8 Å². The van der Waals surface area contributed by atoms with Crippen LogP contribution in [0.15, 0.2) is 33.3 Å². The Balaban J connectivity index is 1.67. The summed E-state index contributed by atoms with van der Waals surface area (Å²) in [5.74, 6) is 1.61. The molecule has 18 heavy (non-hydrogen) atoms. The minimum atomic E-state index is 0.317. The Labute approximate surface area is 111 Å². The summed E-state index contributed by atoms with van der Waals surface area (Å²) in [6.45, 7) is 0. The van der Waals surface area contributed by atoms with E-state index >= 15 is 0 Å². The van der Waals surface area contributed by atoms with E-state index in [9.17, 15) is 0 Å². The molecule has 0 aliphatic carbocycles. The third-order valence-electron chi connectivity index (χ3n) is 2.12. The molecule has 0 unspecified atom stereocenters. The van der Waals surface area contributed by atoms with E-state index in [1.54, 1.807) is 17.6 Å². The number of thiophene rings is 1. The van der Waals surface area contributed by atoms with Gasteiger partial charge >= 0.3 is 0 Å². The van der Waals surface area contributed by atoms with Gasteiger partial charge in [0.2, 0.25) is 17.0 Å². The molecule has 0 bridgehead atoms. The van der Waals surface area contributed by atoms with Gasteiger partial charge in [-0.25, -0.2) is 10.1 Å². The van der Waals surface area contributed by atoms with E-state index in [2.05, 4.69) is 20.2 Å². The normalized spacial score (nSPS) is 10.9. The van der Waals surface area contributed by atoms with Crippen molar-refractivity contribution in [3.8, 4) is 10.8 Å². The Morgan fingerprint density at radius 2 is 2.39 bits per heavy atom. The van der Waals surface area contributed by atoms with Crippen molar-refractivity contribution in [1.29, 1.82) is 0 Å². The van der Waals surface area contributed by atoms with E-state index in [-0.39, 0.29) is 0 Å². The van der Waals surface area contributed by atoms with Crippen molar-refractivity contribution in [2.75, 3.05) is 5.73 Å². The van der Waals surface area contributed by atoms with Crippen LogP contribution < -0.4 is 5.73 Å². The second-order valence-electron chi connectivity index (χ2n) is 3.41. The number of anilines is 1. The summed E-state index contributed by atoms with van der Waals surface area (Å²) in [5.41, 5.74) is 6.29. The molecular weight excluding hydrogens is 270 g/mol. The van der Waals surface area contributed by atoms with E-state index in [0.717, 1.165) is 10.6 Å². The van der Waals surface area contributed by atoms with Crippen molar-refractivity contribution in [2.45, 2.75) is 10.9 Å². The molecular formula is C10H9N5OS2. The molecule has 3 N–H and O–H groups in total. The number of nitrogen functional groups attached to an aromatic ring is 1. The zero-order valence-electron chi connectivity index (χ0n) is 9.16. The smallest absolute Gasteiger partial charge is 0.236 e. The summed E-state index contributed by atoms with van der Waals surface area (Å²) >= 11 is 3.05. The van der Waals surface area contributed by atoms with E-state index in [0.29, 0.717) is 22.7 Å². The first-order valence-electron chi connectivity index (χ1n) is 5.10. The van der Waals surface area contributed by atoms with Crippen LogP contribution in [0.5, 0.6) is 0 Å². The van der Waals surface area contributed by atoms with Crippen LogP contribution in [-0.4, -0.2) is 20.2 Å². The van der Waals surface area contributed by atoms with Gasteiger partial charge in [-0.05, 0) is 11.4 Å². The average Bonchev–Trinajstić information content (AvgIpc) is 3.07. The van der Waals surface area contributed by atoms with Crippen molar-refractivity contribution < 1.29 is 4.42 Å². The van der Waals surface area contributed by atoms with Crippen LogP contribution in [0.1, 0.15) is 5.69 Å². The summed E-state index contributed by atoms with van der Waals surface area (Å²) in [6.07, 6.45) is 1.65. The largest absolute Gasteiger partial charge is 0.444 e. The predicted molar refractivity (Wildman–Crippen MR) is 70.2 cm³/mol. The van der Waals surface area contributed by atoms with Crippen LogP contribution in [-0.2, 0) is 5.75 Å². The van der Waals surface area contributed by atoms with Gasteiger partial charge in [-0.1, -0.05) is 17.8 Å². The molecule has 3 rings (SSSR count). The molecule has 3 heterocycles. The van der Waals surface area contributed by atoms with Gasteiger partial charge in [0, 0.05) is 5.75 Å². The molecule has 0 aromatic carbocycles. The summed E-state index contributed by atoms with van der Waals surface area (Å²) in [6, 6.07) is 3.94. The van der Waals surface area contributed by atoms with Crippen LogP contribution in [0.25, 0.3) is 10.8 Å². The molecule has 0 radical (unpaired) electrons. The number of thioether (sulfide) groups is 1. The molecule has 6 nitrogen and oxygen atoms in total. The predicted octanol–water partition coefficient (Wildman–Crippen LogP) is 2.40. The number of H-pyrrole nitrogens is 1. The van der Waals surface area contributed by atoms with Crippen LogP contribution in [0.3, 0.4) is 0 Å². The number of aromatic amines is 1. The lowest BCUT2D eigenvalue weighted by Gasteiger charge is -1.90. The van der Waals surface area contributed by atoms with Crippen molar-refractivity contribution in [1.82, 2.24) is 20.2 Å². The fourth-order valence-corrected chi connectivity index (χ4v) is 2.69. The van der Waals surface area contributed by atoms with Gasteiger partial charge in [-0.3, -0.25) is 0 Å². The zero-order valence-corrected chi connectivity index (χ0v) is 10.8. The highest BCUT2D eigenvalue weighted by molar-refractivity contribution is 7.98. The summed E-state index contributed by atoms with van der Waals surface area (Å²) in [7, 11) is 0. The molecule has 8 heteroatoms. The highest BCUT2D eigenvalue weighted by atomic mass is 32.2. The standard InChI is InChI=1S/C10H9N5OS2/c11-9-13-10(15-14-9)18-5-6-4-16-8(12-6)7-2-1-3-17-7/h1-4H,5H2,(H3,11,13,14,15). The zero-order chi connectivity index (χ0) is 12.4. The van der Waals surface area contributed by atoms with Gasteiger partial charge in [0.1, 0.15) is 6.26 Å². The number of nitrogens with one attached hydrogen (secondary N) is 1. The molecule has 0 amide bonds. The number of nitrogens with two attached hydrogens (primary N) is 1. The molecule has 0 aliphatic rings. The molecule has 0 fully saturated rings. The molecule has 0 saturated carbocycles. The molecule has 3 aromatic rings. The number of aromatic nitrogens is 4. The molecule has 3 aromatic heterocycles. The minimum absolute atomic E-state index is 0.317. The first kappa shape index (κ1) is 11.3. The molecule has 0 saturated heterocycles. The Hall–Kier alpha value is -1.80. The quantitative estimate of drug-likeness (QED) is 0.712. The highest BCUT2D eigenvalue weighted by Gasteiger charge is 2.09. The lowest BCUT2D eigenvalue weighted by Crippen LogP contribution is -1.85. The summed E-state index contributed by atoms with van der Waals surface area (Å²) < 4.78 is 5.42. The van der Waals surface area contributed by atoms with Gasteiger partial charge < -0.3 is 10.2 Å². The summed E-state index contributed by atoms with van der Waals surface area (Å²) in [4.78, 5) is 9.42. The monoisotopic (exact) mass is 279 g/mol. The number of hydrogen-bond donors (Lipinski definition) is 2. The molecule has 92 valence electrons. The van der Waals surface area contributed by atoms with Gasteiger partial charge in [-0.15, -0.1) is 16.4 Å². The first-order chi connectivity index (χ1) is 8.81. The third-order valence-corrected chi connectivity index (χ3v) is 3.85. The van der Waals surface area contributed by atoms with Gasteiger partial charge in [0.25, 0.3) is 0 Å². The maximum absolute atomic E-state index is 5.44. The van der Waals surface area contributed by atoms with Crippen LogP contribution >= 0.6 is 23.1 Å². The lowest BCUT2D eigenvalue weighted by molar-refractivity contribution is 0.575. The van der Waals surface area contributed by atoms with Crippen LogP contribution in [0, 0.1) is 0 Å². The topological polar surface area (TPSA) is 93.6 Å². The Kier molecular flexibility index (Phi) is 3.03. The Morgan fingerprint density at radius 1 is 1.44 bits per heavy atom. The third kappa shape index (κ3) is 2.39. The lowest BCUT2D eigenvalue weighted by atomic mass is 10.5. The van der Waals surface area contributed by atoms with Crippen LogP contribution in [0.4, 0.5) is 5.95 Å². The molecule has 0 aliphatic heterocycles. The highest BCUT2D eigenvalue weighted by Crippen LogP contribution is 2.26. The van der Waals surface area contributed by atoms with Crippen LogP contribution in [0.2, 0.25) is 0 Å². The Morgan fingerprint density at radius 3 is 3.11 bits per heavy atom.